The molecule has 1 aromatic heterocycles. The van der Waals surface area contributed by atoms with Crippen molar-refractivity contribution >= 4 is 16.0 Å². The minimum Gasteiger partial charge on any atom is -0.481 e. The number of carbonyl (C=O) groups excluding carboxylic acids is 1. The predicted octanol–water partition coefficient (Wildman–Crippen LogP) is 2.66. The zero-order valence-corrected chi connectivity index (χ0v) is 16.1. The number of hydrogen-bond acceptors (Lipinski definition) is 6. The lowest BCUT2D eigenvalue weighted by Gasteiger charge is -2.02. The Balaban J connectivity index is 0.000000234. The maximum atomic E-state index is 10.9. The summed E-state index contributed by atoms with van der Waals surface area (Å²) < 4.78 is 35.4. The van der Waals surface area contributed by atoms with Gasteiger partial charge in [0, 0.05) is 17.8 Å². The van der Waals surface area contributed by atoms with E-state index in [1.807, 2.05) is 6.07 Å². The van der Waals surface area contributed by atoms with Crippen LogP contribution in [0.3, 0.4) is 0 Å². The second kappa shape index (κ2) is 9.45. The van der Waals surface area contributed by atoms with Crippen LogP contribution < -0.4 is 10.5 Å². The Morgan fingerprint density at radius 3 is 2.07 bits per heavy atom. The fourth-order valence-electron chi connectivity index (χ4n) is 2.23. The Morgan fingerprint density at radius 1 is 1.07 bits per heavy atom. The molecule has 3 N–H and O–H groups in total. The van der Waals surface area contributed by atoms with Gasteiger partial charge in [0.1, 0.15) is 0 Å². The molecule has 0 aliphatic rings. The molecule has 148 valence electrons. The maximum absolute atomic E-state index is 10.9. The molecule has 3 rings (SSSR count). The molecular formula is C20H17N3O5S. The molecule has 8 nitrogen and oxygen atoms in total. The van der Waals surface area contributed by atoms with Gasteiger partial charge in [-0.15, -0.1) is 0 Å². The summed E-state index contributed by atoms with van der Waals surface area (Å²) in [5, 5.41) is 8.68. The average molecular weight is 411 g/mol. The number of primary amides is 1. The second-order valence-corrected chi connectivity index (χ2v) is 7.06. The van der Waals surface area contributed by atoms with Crippen LogP contribution in [0.2, 0.25) is 0 Å². The van der Waals surface area contributed by atoms with E-state index in [2.05, 4.69) is 4.98 Å². The molecule has 2 aromatic carbocycles. The molecule has 0 spiro atoms. The van der Waals surface area contributed by atoms with Crippen LogP contribution in [0.5, 0.6) is 5.88 Å². The van der Waals surface area contributed by atoms with Crippen LogP contribution in [0.25, 0.3) is 11.1 Å². The van der Waals surface area contributed by atoms with Crippen molar-refractivity contribution in [2.24, 2.45) is 5.73 Å². The normalized spacial score (nSPS) is 10.2. The fourth-order valence-corrected chi connectivity index (χ4v) is 2.71. The number of methoxy groups -OCH3 is 1. The van der Waals surface area contributed by atoms with Crippen LogP contribution in [-0.4, -0.2) is 31.0 Å². The molecule has 3 aromatic rings. The lowest BCUT2D eigenvalue weighted by Crippen LogP contribution is -2.10. The van der Waals surface area contributed by atoms with E-state index in [9.17, 15) is 13.2 Å². The molecule has 0 aliphatic carbocycles. The third kappa shape index (κ3) is 6.14. The molecule has 0 atom stereocenters. The summed E-state index contributed by atoms with van der Waals surface area (Å²) in [6.45, 7) is 0. The standard InChI is InChI=1S/C13H9NO3S.C7H8N2O2/c14-9-10-1-3-11(4-2-10)12-5-7-13(8-6-12)18(15,16)17;1-11-6-4-5(7(8)10)2-3-9-6/h1-8H,(H,15,16,17);2-4H,1H3,(H2,8,10). The smallest absolute Gasteiger partial charge is 0.294 e. The number of benzene rings is 2. The van der Waals surface area contributed by atoms with Crippen molar-refractivity contribution in [1.82, 2.24) is 4.98 Å². The molecule has 1 heterocycles. The van der Waals surface area contributed by atoms with Gasteiger partial charge in [-0.2, -0.15) is 13.7 Å². The third-order valence-electron chi connectivity index (χ3n) is 3.73. The highest BCUT2D eigenvalue weighted by Crippen LogP contribution is 2.21. The highest BCUT2D eigenvalue weighted by molar-refractivity contribution is 7.85. The molecule has 0 aliphatic heterocycles. The van der Waals surface area contributed by atoms with Crippen LogP contribution in [-0.2, 0) is 10.1 Å². The Bertz CT molecular complexity index is 1140. The number of nitriles is 1. The summed E-state index contributed by atoms with van der Waals surface area (Å²) in [5.74, 6) is -0.0907. The maximum Gasteiger partial charge on any atom is 0.294 e. The van der Waals surface area contributed by atoms with Gasteiger partial charge < -0.3 is 10.5 Å². The van der Waals surface area contributed by atoms with Gasteiger partial charge in [0.2, 0.25) is 11.8 Å². The van der Waals surface area contributed by atoms with Crippen LogP contribution >= 0.6 is 0 Å². The van der Waals surface area contributed by atoms with Crippen LogP contribution in [0, 0.1) is 11.3 Å². The highest BCUT2D eigenvalue weighted by Gasteiger charge is 2.08. The monoisotopic (exact) mass is 411 g/mol. The lowest BCUT2D eigenvalue weighted by atomic mass is 10.0. The van der Waals surface area contributed by atoms with E-state index < -0.39 is 16.0 Å². The summed E-state index contributed by atoms with van der Waals surface area (Å²) in [4.78, 5) is 14.3. The first kappa shape index (κ1) is 21.6. The van der Waals surface area contributed by atoms with E-state index in [0.29, 0.717) is 17.0 Å². The first-order chi connectivity index (χ1) is 13.7. The molecule has 0 saturated heterocycles. The Kier molecular flexibility index (Phi) is 7.03. The van der Waals surface area contributed by atoms with Crippen molar-refractivity contribution in [2.75, 3.05) is 7.11 Å². The van der Waals surface area contributed by atoms with Gasteiger partial charge >= 0.3 is 0 Å². The fraction of sp³-hybridized carbons (Fsp3) is 0.0500. The minimum atomic E-state index is -4.16. The Labute approximate surface area is 168 Å². The topological polar surface area (TPSA) is 143 Å². The van der Waals surface area contributed by atoms with E-state index in [1.165, 1.54) is 37.6 Å². The first-order valence-electron chi connectivity index (χ1n) is 8.12. The zero-order chi connectivity index (χ0) is 21.4. The van der Waals surface area contributed by atoms with E-state index in [0.717, 1.165) is 11.1 Å². The highest BCUT2D eigenvalue weighted by atomic mass is 32.2. The van der Waals surface area contributed by atoms with Gasteiger partial charge in [0.25, 0.3) is 10.1 Å². The summed E-state index contributed by atoms with van der Waals surface area (Å²) in [6.07, 6.45) is 1.47. The molecule has 29 heavy (non-hydrogen) atoms. The Hall–Kier alpha value is -3.74. The van der Waals surface area contributed by atoms with Gasteiger partial charge in [-0.3, -0.25) is 9.35 Å². The number of aromatic nitrogens is 1. The summed E-state index contributed by atoms with van der Waals surface area (Å²) >= 11 is 0. The largest absolute Gasteiger partial charge is 0.481 e. The zero-order valence-electron chi connectivity index (χ0n) is 15.3. The van der Waals surface area contributed by atoms with Crippen molar-refractivity contribution in [2.45, 2.75) is 4.90 Å². The summed E-state index contributed by atoms with van der Waals surface area (Å²) in [6, 6.07) is 17.8. The molecule has 0 fully saturated rings. The lowest BCUT2D eigenvalue weighted by molar-refractivity contribution is 0.0999. The molecule has 0 bridgehead atoms. The van der Waals surface area contributed by atoms with Gasteiger partial charge in [-0.1, -0.05) is 24.3 Å². The number of ether oxygens (including phenoxy) is 1. The average Bonchev–Trinajstić information content (AvgIpc) is 2.74. The SMILES string of the molecule is COc1cc(C(N)=O)ccn1.N#Cc1ccc(-c2ccc(S(=O)(=O)O)cc2)cc1. The van der Waals surface area contributed by atoms with Crippen LogP contribution in [0.1, 0.15) is 15.9 Å². The third-order valence-corrected chi connectivity index (χ3v) is 4.60. The number of amides is 1. The van der Waals surface area contributed by atoms with Crippen LogP contribution in [0.4, 0.5) is 0 Å². The molecule has 0 unspecified atom stereocenters. The Morgan fingerprint density at radius 2 is 1.62 bits per heavy atom. The van der Waals surface area contributed by atoms with E-state index in [1.54, 1.807) is 36.4 Å². The molecule has 1 amide bonds. The minimum absolute atomic E-state index is 0.139. The van der Waals surface area contributed by atoms with Gasteiger partial charge in [0.15, 0.2) is 0 Å². The number of hydrogen-bond donors (Lipinski definition) is 2. The second-order valence-electron chi connectivity index (χ2n) is 5.64. The summed E-state index contributed by atoms with van der Waals surface area (Å²) in [7, 11) is -2.68. The molecule has 9 heteroatoms. The number of rotatable bonds is 4. The quantitative estimate of drug-likeness (QED) is 0.628. The predicted molar refractivity (Wildman–Crippen MR) is 106 cm³/mol. The van der Waals surface area contributed by atoms with E-state index in [-0.39, 0.29) is 4.90 Å². The van der Waals surface area contributed by atoms with Crippen molar-refractivity contribution in [3.05, 3.63) is 78.0 Å². The van der Waals surface area contributed by atoms with Crippen molar-refractivity contribution in [3.63, 3.8) is 0 Å². The molecular weight excluding hydrogens is 394 g/mol. The van der Waals surface area contributed by atoms with Crippen molar-refractivity contribution < 1.29 is 22.5 Å². The summed E-state index contributed by atoms with van der Waals surface area (Å²) in [5.41, 5.74) is 7.66. The van der Waals surface area contributed by atoms with E-state index >= 15 is 0 Å². The van der Waals surface area contributed by atoms with Crippen LogP contribution in [0.15, 0.2) is 71.8 Å². The van der Waals surface area contributed by atoms with Gasteiger partial charge in [0.05, 0.1) is 23.6 Å². The number of carbonyl (C=O) groups is 1. The van der Waals surface area contributed by atoms with Crippen molar-refractivity contribution in [1.29, 1.82) is 5.26 Å². The molecule has 0 radical (unpaired) electrons. The number of nitrogens with two attached hydrogens (primary N) is 1. The molecule has 0 saturated carbocycles. The van der Waals surface area contributed by atoms with Gasteiger partial charge in [-0.05, 0) is 41.5 Å². The first-order valence-corrected chi connectivity index (χ1v) is 9.56. The van der Waals surface area contributed by atoms with Gasteiger partial charge in [-0.25, -0.2) is 4.98 Å². The van der Waals surface area contributed by atoms with Crippen molar-refractivity contribution in [3.8, 4) is 23.1 Å². The van der Waals surface area contributed by atoms with E-state index in [4.69, 9.17) is 20.3 Å². The number of pyridine rings is 1. The number of nitrogens with zero attached hydrogens (tertiary/aromatic N) is 2.